The maximum absolute atomic E-state index is 11.2. The molecule has 4 nitrogen and oxygen atoms in total. The number of carboxylic acid groups (broad SMARTS) is 1. The van der Waals surface area contributed by atoms with Gasteiger partial charge in [-0.2, -0.15) is 0 Å². The molecule has 118 valence electrons. The molecule has 1 aliphatic heterocycles. The first-order valence-corrected chi connectivity index (χ1v) is 7.84. The molecule has 4 heteroatoms. The Morgan fingerprint density at radius 2 is 1.95 bits per heavy atom. The second-order valence-corrected chi connectivity index (χ2v) is 7.50. The molecule has 1 rings (SSSR count). The summed E-state index contributed by atoms with van der Waals surface area (Å²) in [5.74, 6) is 0.0399. The van der Waals surface area contributed by atoms with Crippen LogP contribution in [0.15, 0.2) is 0 Å². The van der Waals surface area contributed by atoms with E-state index in [-0.39, 0.29) is 0 Å². The van der Waals surface area contributed by atoms with Crippen LogP contribution in [0.2, 0.25) is 0 Å². The summed E-state index contributed by atoms with van der Waals surface area (Å²) >= 11 is 0. The monoisotopic (exact) mass is 284 g/mol. The van der Waals surface area contributed by atoms with Crippen LogP contribution in [-0.2, 0) is 4.79 Å². The Balaban J connectivity index is 2.25. The quantitative estimate of drug-likeness (QED) is 0.706. The summed E-state index contributed by atoms with van der Waals surface area (Å²) in [4.78, 5) is 13.7. The summed E-state index contributed by atoms with van der Waals surface area (Å²) in [6, 6.07) is 0. The lowest BCUT2D eigenvalue weighted by Gasteiger charge is -2.27. The van der Waals surface area contributed by atoms with Crippen LogP contribution in [0.4, 0.5) is 0 Å². The second-order valence-electron chi connectivity index (χ2n) is 7.50. The van der Waals surface area contributed by atoms with Gasteiger partial charge in [0.05, 0.1) is 0 Å². The van der Waals surface area contributed by atoms with Gasteiger partial charge in [-0.15, -0.1) is 0 Å². The van der Waals surface area contributed by atoms with E-state index in [1.165, 1.54) is 19.5 Å². The largest absolute Gasteiger partial charge is 0.480 e. The summed E-state index contributed by atoms with van der Waals surface area (Å²) < 4.78 is 0. The normalized spacial score (nSPS) is 23.8. The van der Waals surface area contributed by atoms with Crippen LogP contribution < -0.4 is 5.32 Å². The van der Waals surface area contributed by atoms with Gasteiger partial charge in [0, 0.05) is 6.54 Å². The van der Waals surface area contributed by atoms with Crippen LogP contribution in [-0.4, -0.2) is 48.2 Å². The van der Waals surface area contributed by atoms with Crippen LogP contribution in [0.5, 0.6) is 0 Å². The average molecular weight is 284 g/mol. The third-order valence-corrected chi connectivity index (χ3v) is 4.92. The minimum absolute atomic E-state index is 0.406. The zero-order chi connectivity index (χ0) is 15.4. The van der Waals surface area contributed by atoms with Crippen LogP contribution in [0.1, 0.15) is 53.4 Å². The molecule has 0 aromatic heterocycles. The van der Waals surface area contributed by atoms with Crippen molar-refractivity contribution in [3.63, 3.8) is 0 Å². The zero-order valence-electron chi connectivity index (χ0n) is 13.8. The van der Waals surface area contributed by atoms with Crippen molar-refractivity contribution < 1.29 is 9.90 Å². The van der Waals surface area contributed by atoms with E-state index in [0.717, 1.165) is 25.3 Å². The van der Waals surface area contributed by atoms with Crippen molar-refractivity contribution in [3.8, 4) is 0 Å². The lowest BCUT2D eigenvalue weighted by molar-refractivity contribution is -0.144. The van der Waals surface area contributed by atoms with Gasteiger partial charge in [0.2, 0.25) is 0 Å². The molecule has 0 amide bonds. The number of likely N-dealkylation sites (N-methyl/N-ethyl adjacent to an activating group) is 1. The molecular formula is C16H32N2O2. The molecule has 2 atom stereocenters. The Kier molecular flexibility index (Phi) is 6.02. The fourth-order valence-electron chi connectivity index (χ4n) is 2.90. The average Bonchev–Trinajstić information content (AvgIpc) is 2.82. The fourth-order valence-corrected chi connectivity index (χ4v) is 2.90. The molecule has 0 aliphatic carbocycles. The molecule has 0 aromatic rings. The highest BCUT2D eigenvalue weighted by atomic mass is 16.4. The minimum atomic E-state index is -0.779. The van der Waals surface area contributed by atoms with Crippen molar-refractivity contribution >= 4 is 5.97 Å². The maximum atomic E-state index is 11.2. The maximum Gasteiger partial charge on any atom is 0.323 e. The molecule has 1 heterocycles. The summed E-state index contributed by atoms with van der Waals surface area (Å²) in [5.41, 5.74) is -0.373. The van der Waals surface area contributed by atoms with Crippen LogP contribution in [0.3, 0.4) is 0 Å². The number of nitrogens with one attached hydrogen (secondary N) is 1. The highest BCUT2D eigenvalue weighted by Gasteiger charge is 2.32. The molecule has 2 unspecified atom stereocenters. The van der Waals surface area contributed by atoms with E-state index in [1.807, 2.05) is 0 Å². The number of carboxylic acids is 1. The Bertz CT molecular complexity index is 325. The Morgan fingerprint density at radius 1 is 1.30 bits per heavy atom. The molecule has 1 saturated heterocycles. The number of carbonyl (C=O) groups is 1. The highest BCUT2D eigenvalue weighted by Crippen LogP contribution is 2.33. The van der Waals surface area contributed by atoms with E-state index in [0.29, 0.717) is 11.8 Å². The van der Waals surface area contributed by atoms with Gasteiger partial charge in [0.25, 0.3) is 0 Å². The van der Waals surface area contributed by atoms with Gasteiger partial charge in [0.15, 0.2) is 0 Å². The van der Waals surface area contributed by atoms with Crippen LogP contribution in [0, 0.1) is 11.3 Å². The molecular weight excluding hydrogens is 252 g/mol. The number of hydrogen-bond donors (Lipinski definition) is 2. The SMILES string of the molecule is CNC(C)(CCCCN1CCC(C(C)(C)C)C1)C(=O)O. The molecule has 0 aromatic carbocycles. The summed E-state index contributed by atoms with van der Waals surface area (Å²) in [6.45, 7) is 12.2. The first-order chi connectivity index (χ1) is 9.19. The van der Waals surface area contributed by atoms with Crippen molar-refractivity contribution in [2.75, 3.05) is 26.7 Å². The number of nitrogens with zero attached hydrogens (tertiary/aromatic N) is 1. The lowest BCUT2D eigenvalue weighted by Crippen LogP contribution is -2.47. The molecule has 0 bridgehead atoms. The smallest absolute Gasteiger partial charge is 0.323 e. The second kappa shape index (κ2) is 6.90. The number of unbranched alkanes of at least 4 members (excludes halogenated alkanes) is 1. The van der Waals surface area contributed by atoms with Crippen LogP contribution >= 0.6 is 0 Å². The number of aliphatic carboxylic acids is 1. The van der Waals surface area contributed by atoms with E-state index in [9.17, 15) is 9.90 Å². The minimum Gasteiger partial charge on any atom is -0.480 e. The van der Waals surface area contributed by atoms with Gasteiger partial charge in [-0.1, -0.05) is 20.8 Å². The third kappa shape index (κ3) is 4.74. The van der Waals surface area contributed by atoms with Gasteiger partial charge in [0.1, 0.15) is 5.54 Å². The number of likely N-dealkylation sites (tertiary alicyclic amines) is 1. The Morgan fingerprint density at radius 3 is 2.40 bits per heavy atom. The third-order valence-electron chi connectivity index (χ3n) is 4.92. The van der Waals surface area contributed by atoms with Crippen molar-refractivity contribution in [2.45, 2.75) is 58.9 Å². The summed E-state index contributed by atoms with van der Waals surface area (Å²) in [5, 5.41) is 12.1. The molecule has 2 N–H and O–H groups in total. The van der Waals surface area contributed by atoms with Gasteiger partial charge in [-0.25, -0.2) is 0 Å². The summed E-state index contributed by atoms with van der Waals surface area (Å²) in [6.07, 6.45) is 4.03. The van der Waals surface area contributed by atoms with Crippen molar-refractivity contribution in [2.24, 2.45) is 11.3 Å². The predicted octanol–water partition coefficient (Wildman–Crippen LogP) is 2.59. The lowest BCUT2D eigenvalue weighted by atomic mass is 9.80. The zero-order valence-corrected chi connectivity index (χ0v) is 13.8. The molecule has 0 spiro atoms. The number of hydrogen-bond acceptors (Lipinski definition) is 3. The van der Waals surface area contributed by atoms with Gasteiger partial charge in [-0.3, -0.25) is 4.79 Å². The molecule has 20 heavy (non-hydrogen) atoms. The topological polar surface area (TPSA) is 52.6 Å². The summed E-state index contributed by atoms with van der Waals surface area (Å²) in [7, 11) is 1.72. The van der Waals surface area contributed by atoms with Gasteiger partial charge >= 0.3 is 5.97 Å². The van der Waals surface area contributed by atoms with E-state index in [1.54, 1.807) is 14.0 Å². The van der Waals surface area contributed by atoms with Gasteiger partial charge in [-0.05, 0) is 64.1 Å². The molecule has 1 aliphatic rings. The van der Waals surface area contributed by atoms with Gasteiger partial charge < -0.3 is 15.3 Å². The standard InChI is InChI=1S/C16H32N2O2/c1-15(2,3)13-8-11-18(12-13)10-7-6-9-16(4,17-5)14(19)20/h13,17H,6-12H2,1-5H3,(H,19,20). The van der Waals surface area contributed by atoms with Crippen molar-refractivity contribution in [1.29, 1.82) is 0 Å². The molecule has 1 fully saturated rings. The molecule has 0 saturated carbocycles. The fraction of sp³-hybridized carbons (Fsp3) is 0.938. The first kappa shape index (κ1) is 17.4. The van der Waals surface area contributed by atoms with Crippen molar-refractivity contribution in [3.05, 3.63) is 0 Å². The molecule has 0 radical (unpaired) electrons. The highest BCUT2D eigenvalue weighted by molar-refractivity contribution is 5.78. The van der Waals surface area contributed by atoms with E-state index >= 15 is 0 Å². The van der Waals surface area contributed by atoms with Crippen LogP contribution in [0.25, 0.3) is 0 Å². The van der Waals surface area contributed by atoms with E-state index in [2.05, 4.69) is 31.0 Å². The Labute approximate surface area is 123 Å². The number of rotatable bonds is 7. The predicted molar refractivity (Wildman–Crippen MR) is 83.0 cm³/mol. The Hall–Kier alpha value is -0.610. The van der Waals surface area contributed by atoms with Crippen molar-refractivity contribution in [1.82, 2.24) is 10.2 Å². The van der Waals surface area contributed by atoms with E-state index < -0.39 is 11.5 Å². The first-order valence-electron chi connectivity index (χ1n) is 7.84. The van der Waals surface area contributed by atoms with E-state index in [4.69, 9.17) is 0 Å².